The van der Waals surface area contributed by atoms with Crippen LogP contribution in [0.2, 0.25) is 5.02 Å². The number of para-hydroxylation sites is 1. The number of ether oxygens (including phenoxy) is 2. The maximum atomic E-state index is 12.9. The lowest BCUT2D eigenvalue weighted by molar-refractivity contribution is 0.0947. The molecule has 0 fully saturated rings. The first-order valence-corrected chi connectivity index (χ1v) is 11.6. The van der Waals surface area contributed by atoms with E-state index in [-0.39, 0.29) is 12.0 Å². The van der Waals surface area contributed by atoms with Gasteiger partial charge in [0.2, 0.25) is 0 Å². The first-order chi connectivity index (χ1) is 17.1. The second-order valence-corrected chi connectivity index (χ2v) is 8.47. The number of nitrogens with zero attached hydrogens (tertiary/aromatic N) is 2. The summed E-state index contributed by atoms with van der Waals surface area (Å²) in [5.41, 5.74) is 4.91. The Balaban J connectivity index is 1.61. The molecule has 0 radical (unpaired) electrons. The highest BCUT2D eigenvalue weighted by Gasteiger charge is 2.29. The molecule has 0 aliphatic carbocycles. The van der Waals surface area contributed by atoms with E-state index in [1.807, 2.05) is 43.3 Å². The molecular weight excluding hydrogens is 466 g/mol. The number of benzene rings is 1. The van der Waals surface area contributed by atoms with Crippen molar-refractivity contribution < 1.29 is 14.3 Å². The minimum absolute atomic E-state index is 0.157. The van der Waals surface area contributed by atoms with Crippen molar-refractivity contribution in [2.45, 2.75) is 19.4 Å². The molecule has 3 N–H and O–H groups in total. The third kappa shape index (κ3) is 4.40. The van der Waals surface area contributed by atoms with E-state index >= 15 is 0 Å². The van der Waals surface area contributed by atoms with Crippen molar-refractivity contribution in [1.82, 2.24) is 20.3 Å². The van der Waals surface area contributed by atoms with Gasteiger partial charge in [0.25, 0.3) is 5.91 Å². The van der Waals surface area contributed by atoms with Gasteiger partial charge in [-0.05, 0) is 37.3 Å². The van der Waals surface area contributed by atoms with Gasteiger partial charge in [-0.15, -0.1) is 0 Å². The molecule has 4 heterocycles. The highest BCUT2D eigenvalue weighted by atomic mass is 35.5. The zero-order valence-electron chi connectivity index (χ0n) is 19.3. The van der Waals surface area contributed by atoms with Crippen LogP contribution in [-0.4, -0.2) is 34.5 Å². The number of halogens is 1. The highest BCUT2D eigenvalue weighted by molar-refractivity contribution is 6.32. The first kappa shape index (κ1) is 22.7. The van der Waals surface area contributed by atoms with Gasteiger partial charge in [0.1, 0.15) is 11.9 Å². The van der Waals surface area contributed by atoms with Crippen LogP contribution >= 0.6 is 11.6 Å². The minimum atomic E-state index is -0.309. The summed E-state index contributed by atoms with van der Waals surface area (Å²) in [5, 5.41) is 6.78. The Morgan fingerprint density at radius 2 is 2.03 bits per heavy atom. The lowest BCUT2D eigenvalue weighted by Gasteiger charge is -2.18. The molecule has 5 rings (SSSR count). The SMILES string of the molecule is COc1c(Cl)cccc1Nc1c(-c2ccncc2O[C@@H](C)c2ccccn2)[nH]c2c1C(=O)NCC2. The second-order valence-electron chi connectivity index (χ2n) is 8.07. The van der Waals surface area contributed by atoms with E-state index in [1.165, 1.54) is 0 Å². The lowest BCUT2D eigenvalue weighted by Crippen LogP contribution is -2.31. The summed E-state index contributed by atoms with van der Waals surface area (Å²) in [6, 6.07) is 13.0. The molecule has 0 bridgehead atoms. The molecule has 178 valence electrons. The Kier molecular flexibility index (Phi) is 6.29. The van der Waals surface area contributed by atoms with Gasteiger partial charge in [-0.25, -0.2) is 0 Å². The highest BCUT2D eigenvalue weighted by Crippen LogP contribution is 2.43. The van der Waals surface area contributed by atoms with Crippen molar-refractivity contribution in [2.75, 3.05) is 19.0 Å². The van der Waals surface area contributed by atoms with Gasteiger partial charge in [0.05, 0.1) is 46.7 Å². The predicted octanol–water partition coefficient (Wildman–Crippen LogP) is 5.30. The van der Waals surface area contributed by atoms with E-state index < -0.39 is 0 Å². The number of rotatable bonds is 7. The van der Waals surface area contributed by atoms with Crippen molar-refractivity contribution in [3.05, 3.63) is 83.0 Å². The number of aromatic nitrogens is 3. The number of amides is 1. The quantitative estimate of drug-likeness (QED) is 0.325. The summed E-state index contributed by atoms with van der Waals surface area (Å²) in [5.74, 6) is 0.891. The predicted molar refractivity (Wildman–Crippen MR) is 135 cm³/mol. The molecule has 1 atom stereocenters. The molecule has 35 heavy (non-hydrogen) atoms. The number of fused-ring (bicyclic) bond motifs is 1. The average molecular weight is 490 g/mol. The Hall–Kier alpha value is -4.04. The number of carbonyl (C=O) groups is 1. The third-order valence-electron chi connectivity index (χ3n) is 5.86. The number of hydrogen-bond donors (Lipinski definition) is 3. The molecule has 0 spiro atoms. The van der Waals surface area contributed by atoms with Crippen molar-refractivity contribution in [3.63, 3.8) is 0 Å². The molecule has 4 aromatic rings. The molecule has 9 heteroatoms. The fraction of sp³-hybridized carbons (Fsp3) is 0.192. The van der Waals surface area contributed by atoms with E-state index in [0.29, 0.717) is 52.1 Å². The molecule has 1 aliphatic heterocycles. The molecule has 3 aromatic heterocycles. The van der Waals surface area contributed by atoms with E-state index in [2.05, 4.69) is 25.6 Å². The number of aromatic amines is 1. The van der Waals surface area contributed by atoms with Gasteiger partial charge in [0, 0.05) is 36.6 Å². The van der Waals surface area contributed by atoms with Crippen molar-refractivity contribution in [1.29, 1.82) is 0 Å². The van der Waals surface area contributed by atoms with Crippen LogP contribution in [0.3, 0.4) is 0 Å². The van der Waals surface area contributed by atoms with E-state index in [1.54, 1.807) is 31.8 Å². The van der Waals surface area contributed by atoms with Gasteiger partial charge in [-0.3, -0.25) is 14.8 Å². The topological polar surface area (TPSA) is 101 Å². The second kappa shape index (κ2) is 9.68. The average Bonchev–Trinajstić information content (AvgIpc) is 3.24. The van der Waals surface area contributed by atoms with Gasteiger partial charge < -0.3 is 25.1 Å². The number of pyridine rings is 2. The van der Waals surface area contributed by atoms with Crippen molar-refractivity contribution in [3.8, 4) is 22.8 Å². The lowest BCUT2D eigenvalue weighted by atomic mass is 10.0. The number of hydrogen-bond acceptors (Lipinski definition) is 6. The van der Waals surface area contributed by atoms with E-state index in [9.17, 15) is 4.79 Å². The maximum Gasteiger partial charge on any atom is 0.255 e. The van der Waals surface area contributed by atoms with Crippen LogP contribution in [0.5, 0.6) is 11.5 Å². The van der Waals surface area contributed by atoms with Crippen LogP contribution in [0.1, 0.15) is 34.8 Å². The molecule has 0 saturated carbocycles. The molecule has 8 nitrogen and oxygen atoms in total. The van der Waals surface area contributed by atoms with Gasteiger partial charge >= 0.3 is 0 Å². The van der Waals surface area contributed by atoms with E-state index in [0.717, 1.165) is 17.0 Å². The third-order valence-corrected chi connectivity index (χ3v) is 6.16. The number of H-pyrrole nitrogens is 1. The molecule has 1 aliphatic rings. The maximum absolute atomic E-state index is 12.9. The largest absolute Gasteiger partial charge is 0.493 e. The number of nitrogens with one attached hydrogen (secondary N) is 3. The minimum Gasteiger partial charge on any atom is -0.493 e. The van der Waals surface area contributed by atoms with Crippen LogP contribution in [0, 0.1) is 0 Å². The molecular formula is C26H24ClN5O3. The molecule has 0 saturated heterocycles. The normalized spacial score (nSPS) is 13.5. The first-order valence-electron chi connectivity index (χ1n) is 11.2. The van der Waals surface area contributed by atoms with Gasteiger partial charge in [0.15, 0.2) is 5.75 Å². The zero-order valence-corrected chi connectivity index (χ0v) is 20.0. The smallest absolute Gasteiger partial charge is 0.255 e. The summed E-state index contributed by atoms with van der Waals surface area (Å²) in [7, 11) is 1.56. The summed E-state index contributed by atoms with van der Waals surface area (Å²) < 4.78 is 11.8. The summed E-state index contributed by atoms with van der Waals surface area (Å²) in [6.07, 6.45) is 5.46. The molecule has 0 unspecified atom stereocenters. The van der Waals surface area contributed by atoms with Gasteiger partial charge in [-0.2, -0.15) is 0 Å². The molecule has 1 amide bonds. The van der Waals surface area contributed by atoms with Crippen LogP contribution in [0.25, 0.3) is 11.3 Å². The van der Waals surface area contributed by atoms with Crippen LogP contribution in [0.4, 0.5) is 11.4 Å². The summed E-state index contributed by atoms with van der Waals surface area (Å²) in [4.78, 5) is 25.1. The summed E-state index contributed by atoms with van der Waals surface area (Å²) >= 11 is 6.35. The standard InChI is InChI=1S/C26H24ClN5O3/c1-15(18-7-3-4-11-29-18)35-21-14-28-12-9-16(21)23-24(22-19(31-23)10-13-30-26(22)33)32-20-8-5-6-17(27)25(20)34-2/h3-9,11-12,14-15,31-32H,10,13H2,1-2H3,(H,30,33)/t15-/m0/s1. The van der Waals surface area contributed by atoms with Crippen molar-refractivity contribution >= 4 is 28.9 Å². The van der Waals surface area contributed by atoms with E-state index in [4.69, 9.17) is 21.1 Å². The van der Waals surface area contributed by atoms with Gasteiger partial charge in [-0.1, -0.05) is 23.7 Å². The Morgan fingerprint density at radius 3 is 2.83 bits per heavy atom. The van der Waals surface area contributed by atoms with Crippen LogP contribution in [0.15, 0.2) is 61.1 Å². The molecule has 1 aromatic carbocycles. The number of carbonyl (C=O) groups excluding carboxylic acids is 1. The van der Waals surface area contributed by atoms with Crippen LogP contribution < -0.4 is 20.1 Å². The Labute approximate surface area is 207 Å². The Morgan fingerprint density at radius 1 is 1.14 bits per heavy atom. The summed E-state index contributed by atoms with van der Waals surface area (Å²) in [6.45, 7) is 2.49. The fourth-order valence-electron chi connectivity index (χ4n) is 4.20. The number of methoxy groups -OCH3 is 1. The Bertz CT molecular complexity index is 1370. The van der Waals surface area contributed by atoms with Crippen molar-refractivity contribution in [2.24, 2.45) is 0 Å². The van der Waals surface area contributed by atoms with Crippen LogP contribution in [-0.2, 0) is 6.42 Å². The number of anilines is 2. The monoisotopic (exact) mass is 489 g/mol. The fourth-order valence-corrected chi connectivity index (χ4v) is 4.46. The zero-order chi connectivity index (χ0) is 24.4.